The molecule has 6 heteroatoms. The number of nitrogens with zero attached hydrogens (tertiary/aromatic N) is 2. The number of hydrogen-bond donors (Lipinski definition) is 2. The lowest BCUT2D eigenvalue weighted by Gasteiger charge is -2.56. The molecule has 4 aliphatic rings. The number of hydrazine groups is 1. The lowest BCUT2D eigenvalue weighted by molar-refractivity contribution is -0.131. The predicted molar refractivity (Wildman–Crippen MR) is 116 cm³/mol. The van der Waals surface area contributed by atoms with Crippen LogP contribution in [0.1, 0.15) is 64.7 Å². The Kier molecular flexibility index (Phi) is 6.14. The summed E-state index contributed by atoms with van der Waals surface area (Å²) in [4.78, 5) is 13.0. The van der Waals surface area contributed by atoms with E-state index in [2.05, 4.69) is 23.3 Å². The van der Waals surface area contributed by atoms with Crippen molar-refractivity contribution in [1.82, 2.24) is 5.12 Å². The number of nitrogens with two attached hydrogens (primary N) is 2. The third-order valence-corrected chi connectivity index (χ3v) is 9.24. The van der Waals surface area contributed by atoms with Crippen molar-refractivity contribution in [3.8, 4) is 11.3 Å². The monoisotopic (exact) mass is 418 g/mol. The molecule has 7 unspecified atom stereocenters. The topological polar surface area (TPSA) is 84.7 Å². The van der Waals surface area contributed by atoms with Gasteiger partial charge >= 0.3 is 0 Å². The van der Waals surface area contributed by atoms with Crippen molar-refractivity contribution in [2.24, 2.45) is 63.5 Å². The maximum atomic E-state index is 13.0. The van der Waals surface area contributed by atoms with Gasteiger partial charge in [0, 0.05) is 17.2 Å². The zero-order valence-electron chi connectivity index (χ0n) is 17.5. The molecule has 29 heavy (non-hydrogen) atoms. The summed E-state index contributed by atoms with van der Waals surface area (Å²) >= 11 is 5.67. The highest BCUT2D eigenvalue weighted by Gasteiger charge is 2.58. The van der Waals surface area contributed by atoms with Crippen molar-refractivity contribution in [2.45, 2.75) is 64.7 Å². The van der Waals surface area contributed by atoms with Gasteiger partial charge in [-0.15, -0.1) is 0 Å². The summed E-state index contributed by atoms with van der Waals surface area (Å²) in [5.74, 6) is 13.9. The molecular weight excluding hydrogens is 384 g/mol. The molecule has 0 spiro atoms. The molecule has 0 heterocycles. The number of carbonyl (C=O) groups excluding carboxylic acids is 1. The van der Waals surface area contributed by atoms with Crippen molar-refractivity contribution in [3.05, 3.63) is 0 Å². The first-order valence-electron chi connectivity index (χ1n) is 11.4. The highest BCUT2D eigenvalue weighted by molar-refractivity contribution is 6.30. The fourth-order valence-electron chi connectivity index (χ4n) is 7.99. The SMILES string of the molecule is CC12CCC3C4CC[C@H](C#CCl)CC4CCC3C1CCC2C(=O)CN(N)/N=C\N. The van der Waals surface area contributed by atoms with Crippen molar-refractivity contribution >= 4 is 23.7 Å². The van der Waals surface area contributed by atoms with Gasteiger partial charge in [-0.25, -0.2) is 11.0 Å². The number of halogens is 1. The molecule has 5 nitrogen and oxygen atoms in total. The minimum absolute atomic E-state index is 0.111. The third-order valence-electron chi connectivity index (χ3n) is 9.13. The second-order valence-electron chi connectivity index (χ2n) is 10.2. The van der Waals surface area contributed by atoms with Crippen LogP contribution in [0, 0.1) is 58.1 Å². The van der Waals surface area contributed by atoms with Crippen LogP contribution in [0.5, 0.6) is 0 Å². The minimum atomic E-state index is 0.111. The molecular formula is C23H35ClN4O. The second kappa shape index (κ2) is 8.47. The minimum Gasteiger partial charge on any atom is -0.388 e. The van der Waals surface area contributed by atoms with Gasteiger partial charge in [0.2, 0.25) is 0 Å². The van der Waals surface area contributed by atoms with E-state index < -0.39 is 0 Å². The van der Waals surface area contributed by atoms with Crippen molar-refractivity contribution < 1.29 is 4.79 Å². The molecule has 0 aliphatic heterocycles. The molecule has 4 aliphatic carbocycles. The number of Topliss-reactive ketones (excluding diaryl/α,β-unsaturated/α-hetero) is 1. The van der Waals surface area contributed by atoms with Crippen LogP contribution in [0.2, 0.25) is 0 Å². The van der Waals surface area contributed by atoms with E-state index in [0.29, 0.717) is 11.8 Å². The standard InChI is InChI=1S/C23H35ClN4O/c1-23-10-8-18-17-4-2-15(9-11-24)12-16(17)3-5-19(18)20(23)6-7-21(23)22(29)13-28(26)27-14-25/h14-21H,2-8,10,12-13,26H2,1H3,(H2,25,27)/t15-,16?,17?,18?,19?,20?,21?,23?/m1/s1. The number of hydrogen-bond acceptors (Lipinski definition) is 4. The molecule has 0 radical (unpaired) electrons. The van der Waals surface area contributed by atoms with Crippen molar-refractivity contribution in [1.29, 1.82) is 0 Å². The van der Waals surface area contributed by atoms with Gasteiger partial charge in [0.05, 0.1) is 0 Å². The van der Waals surface area contributed by atoms with Gasteiger partial charge in [-0.05, 0) is 104 Å². The van der Waals surface area contributed by atoms with Crippen molar-refractivity contribution in [2.75, 3.05) is 6.54 Å². The summed E-state index contributed by atoms with van der Waals surface area (Å²) in [6.45, 7) is 2.54. The number of fused-ring (bicyclic) bond motifs is 5. The largest absolute Gasteiger partial charge is 0.388 e. The molecule has 0 amide bonds. The van der Waals surface area contributed by atoms with Crippen LogP contribution in [0.15, 0.2) is 5.10 Å². The average Bonchev–Trinajstić information content (AvgIpc) is 3.05. The van der Waals surface area contributed by atoms with Crippen LogP contribution in [0.3, 0.4) is 0 Å². The summed E-state index contributed by atoms with van der Waals surface area (Å²) in [7, 11) is 0. The van der Waals surface area contributed by atoms with Gasteiger partial charge in [0.15, 0.2) is 5.78 Å². The van der Waals surface area contributed by atoms with Gasteiger partial charge in [0.1, 0.15) is 12.9 Å². The first kappa shape index (κ1) is 21.0. The Morgan fingerprint density at radius 1 is 1.17 bits per heavy atom. The Bertz CT molecular complexity index is 715. The van der Waals surface area contributed by atoms with Gasteiger partial charge in [-0.3, -0.25) is 4.79 Å². The van der Waals surface area contributed by atoms with Crippen LogP contribution in [0.4, 0.5) is 0 Å². The average molecular weight is 419 g/mol. The highest BCUT2D eigenvalue weighted by atomic mass is 35.5. The van der Waals surface area contributed by atoms with Gasteiger partial charge in [-0.2, -0.15) is 5.10 Å². The predicted octanol–water partition coefficient (Wildman–Crippen LogP) is 3.72. The normalized spacial score (nSPS) is 43.6. The summed E-state index contributed by atoms with van der Waals surface area (Å²) in [5, 5.41) is 7.62. The molecule has 0 bridgehead atoms. The molecule has 4 saturated carbocycles. The lowest BCUT2D eigenvalue weighted by atomic mass is 9.49. The molecule has 0 saturated heterocycles. The van der Waals surface area contributed by atoms with E-state index >= 15 is 0 Å². The van der Waals surface area contributed by atoms with Crippen LogP contribution in [0.25, 0.3) is 0 Å². The molecule has 4 rings (SSSR count). The van der Waals surface area contributed by atoms with Crippen LogP contribution in [-0.2, 0) is 4.79 Å². The Morgan fingerprint density at radius 2 is 1.97 bits per heavy atom. The van der Waals surface area contributed by atoms with E-state index in [1.165, 1.54) is 56.5 Å². The highest BCUT2D eigenvalue weighted by Crippen LogP contribution is 2.64. The Hall–Kier alpha value is -1.25. The summed E-state index contributed by atoms with van der Waals surface area (Å²) in [6.07, 6.45) is 12.2. The summed E-state index contributed by atoms with van der Waals surface area (Å²) in [6, 6.07) is 0. The molecule has 4 fully saturated rings. The zero-order valence-corrected chi connectivity index (χ0v) is 18.3. The number of ketones is 1. The fraction of sp³-hybridized carbons (Fsp3) is 0.826. The van der Waals surface area contributed by atoms with Crippen LogP contribution in [-0.4, -0.2) is 23.8 Å². The summed E-state index contributed by atoms with van der Waals surface area (Å²) in [5.41, 5.74) is 5.43. The molecule has 160 valence electrons. The lowest BCUT2D eigenvalue weighted by Crippen LogP contribution is -2.50. The number of carbonyl (C=O) groups is 1. The van der Waals surface area contributed by atoms with Crippen molar-refractivity contribution in [3.63, 3.8) is 0 Å². The second-order valence-corrected chi connectivity index (χ2v) is 10.4. The van der Waals surface area contributed by atoms with Gasteiger partial charge < -0.3 is 5.73 Å². The Balaban J connectivity index is 1.45. The molecule has 8 atom stereocenters. The zero-order chi connectivity index (χ0) is 20.6. The Morgan fingerprint density at radius 3 is 2.72 bits per heavy atom. The van der Waals surface area contributed by atoms with E-state index in [0.717, 1.165) is 36.4 Å². The van der Waals surface area contributed by atoms with E-state index in [1.807, 2.05) is 0 Å². The first-order chi connectivity index (χ1) is 14.0. The van der Waals surface area contributed by atoms with Crippen LogP contribution >= 0.6 is 11.6 Å². The molecule has 4 N–H and O–H groups in total. The molecule has 0 aromatic rings. The van der Waals surface area contributed by atoms with Gasteiger partial charge in [-0.1, -0.05) is 12.8 Å². The third kappa shape index (κ3) is 3.79. The summed E-state index contributed by atoms with van der Waals surface area (Å²) < 4.78 is 0. The quantitative estimate of drug-likeness (QED) is 0.239. The smallest absolute Gasteiger partial charge is 0.159 e. The number of rotatable bonds is 4. The fourth-order valence-corrected chi connectivity index (χ4v) is 8.14. The van der Waals surface area contributed by atoms with E-state index in [9.17, 15) is 4.79 Å². The van der Waals surface area contributed by atoms with E-state index in [-0.39, 0.29) is 23.7 Å². The molecule has 0 aromatic carbocycles. The maximum Gasteiger partial charge on any atom is 0.159 e. The van der Waals surface area contributed by atoms with Crippen LogP contribution < -0.4 is 11.6 Å². The van der Waals surface area contributed by atoms with Gasteiger partial charge in [0.25, 0.3) is 0 Å². The Labute approximate surface area is 179 Å². The van der Waals surface area contributed by atoms with E-state index in [4.69, 9.17) is 23.2 Å². The number of hydrazone groups is 1. The molecule has 0 aromatic heterocycles. The first-order valence-corrected chi connectivity index (χ1v) is 11.8. The van der Waals surface area contributed by atoms with E-state index in [1.54, 1.807) is 0 Å². The maximum absolute atomic E-state index is 13.0.